The molecule has 0 atom stereocenters. The van der Waals surface area contributed by atoms with Crippen molar-refractivity contribution < 1.29 is 22.8 Å². The molecule has 5 nitrogen and oxygen atoms in total. The van der Waals surface area contributed by atoms with Gasteiger partial charge in [-0.1, -0.05) is 18.2 Å². The van der Waals surface area contributed by atoms with Crippen LogP contribution in [-0.4, -0.2) is 54.3 Å². The Morgan fingerprint density at radius 2 is 1.78 bits per heavy atom. The highest BCUT2D eigenvalue weighted by Gasteiger charge is 2.30. The fourth-order valence-electron chi connectivity index (χ4n) is 2.52. The third-order valence-corrected chi connectivity index (χ3v) is 3.71. The molecule has 1 aliphatic heterocycles. The normalized spacial score (nSPS) is 16.4. The number of amides is 2. The number of alkyl halides is 3. The number of nitrogens with zero attached hydrogens (tertiary/aromatic N) is 2. The average molecular weight is 329 g/mol. The molecule has 0 aliphatic carbocycles. The van der Waals surface area contributed by atoms with Crippen LogP contribution in [-0.2, 0) is 22.2 Å². The molecule has 2 amide bonds. The Morgan fingerprint density at radius 1 is 1.13 bits per heavy atom. The first-order valence-corrected chi connectivity index (χ1v) is 7.20. The minimum Gasteiger partial charge on any atom is -0.369 e. The molecule has 1 aliphatic rings. The van der Waals surface area contributed by atoms with Crippen LogP contribution in [0.25, 0.3) is 0 Å². The zero-order chi connectivity index (χ0) is 17.0. The summed E-state index contributed by atoms with van der Waals surface area (Å²) < 4.78 is 38.0. The van der Waals surface area contributed by atoms with Crippen molar-refractivity contribution >= 4 is 11.8 Å². The summed E-state index contributed by atoms with van der Waals surface area (Å²) in [6.07, 6.45) is -4.49. The van der Waals surface area contributed by atoms with Crippen LogP contribution < -0.4 is 5.73 Å². The number of halogens is 3. The van der Waals surface area contributed by atoms with Crippen molar-refractivity contribution in [2.24, 2.45) is 5.73 Å². The van der Waals surface area contributed by atoms with Crippen LogP contribution in [0.2, 0.25) is 0 Å². The van der Waals surface area contributed by atoms with E-state index in [0.717, 1.165) is 12.1 Å². The highest BCUT2D eigenvalue weighted by molar-refractivity contribution is 5.79. The van der Waals surface area contributed by atoms with E-state index < -0.39 is 17.6 Å². The number of primary amides is 1. The molecule has 23 heavy (non-hydrogen) atoms. The van der Waals surface area contributed by atoms with E-state index in [0.29, 0.717) is 31.7 Å². The van der Waals surface area contributed by atoms with Crippen LogP contribution in [0.3, 0.4) is 0 Å². The molecule has 8 heteroatoms. The molecule has 0 radical (unpaired) electrons. The van der Waals surface area contributed by atoms with Crippen LogP contribution in [0.15, 0.2) is 24.3 Å². The quantitative estimate of drug-likeness (QED) is 0.892. The molecule has 2 N–H and O–H groups in total. The molecule has 1 heterocycles. The van der Waals surface area contributed by atoms with Crippen molar-refractivity contribution in [3.8, 4) is 0 Å². The lowest BCUT2D eigenvalue weighted by molar-refractivity contribution is -0.138. The maximum absolute atomic E-state index is 12.7. The molecule has 1 saturated heterocycles. The summed E-state index contributed by atoms with van der Waals surface area (Å²) in [5, 5.41) is 0. The van der Waals surface area contributed by atoms with Crippen molar-refractivity contribution in [3.05, 3.63) is 35.4 Å². The van der Waals surface area contributed by atoms with Crippen LogP contribution >= 0.6 is 0 Å². The van der Waals surface area contributed by atoms with Gasteiger partial charge in [-0.15, -0.1) is 0 Å². The monoisotopic (exact) mass is 329 g/mol. The van der Waals surface area contributed by atoms with Crippen molar-refractivity contribution in [2.45, 2.75) is 12.6 Å². The van der Waals surface area contributed by atoms with E-state index in [1.54, 1.807) is 4.90 Å². The molecule has 0 aromatic heterocycles. The van der Waals surface area contributed by atoms with Gasteiger partial charge in [0, 0.05) is 26.2 Å². The van der Waals surface area contributed by atoms with Gasteiger partial charge in [-0.2, -0.15) is 13.2 Å². The van der Waals surface area contributed by atoms with Crippen LogP contribution in [0.4, 0.5) is 13.2 Å². The van der Waals surface area contributed by atoms with Gasteiger partial charge in [0.25, 0.3) is 0 Å². The highest BCUT2D eigenvalue weighted by atomic mass is 19.4. The Labute approximate surface area is 131 Å². The van der Waals surface area contributed by atoms with Gasteiger partial charge in [-0.3, -0.25) is 14.5 Å². The summed E-state index contributed by atoms with van der Waals surface area (Å²) in [6, 6.07) is 4.80. The van der Waals surface area contributed by atoms with E-state index in [2.05, 4.69) is 0 Å². The van der Waals surface area contributed by atoms with Crippen LogP contribution in [0.5, 0.6) is 0 Å². The summed E-state index contributed by atoms with van der Waals surface area (Å²) >= 11 is 0. The fourth-order valence-corrected chi connectivity index (χ4v) is 2.52. The molecule has 0 saturated carbocycles. The lowest BCUT2D eigenvalue weighted by Gasteiger charge is -2.34. The van der Waals surface area contributed by atoms with E-state index in [9.17, 15) is 22.8 Å². The Hall–Kier alpha value is -2.09. The highest BCUT2D eigenvalue weighted by Crippen LogP contribution is 2.29. The van der Waals surface area contributed by atoms with Gasteiger partial charge in [0.15, 0.2) is 0 Å². The minimum atomic E-state index is -4.42. The number of hydrogen-bond donors (Lipinski definition) is 1. The molecule has 0 bridgehead atoms. The second-order valence-corrected chi connectivity index (χ2v) is 5.50. The average Bonchev–Trinajstić information content (AvgIpc) is 2.46. The summed E-state index contributed by atoms with van der Waals surface area (Å²) in [6.45, 7) is 2.07. The van der Waals surface area contributed by atoms with Gasteiger partial charge >= 0.3 is 6.18 Å². The maximum atomic E-state index is 12.7. The standard InChI is InChI=1S/C15H18F3N3O2/c16-15(17,18)12-3-1-2-11(8-12)9-14(23)21-6-4-20(5-7-21)10-13(19)22/h1-3,8H,4-7,9-10H2,(H2,19,22). The van der Waals surface area contributed by atoms with E-state index >= 15 is 0 Å². The molecular formula is C15H18F3N3O2. The summed E-state index contributed by atoms with van der Waals surface area (Å²) in [5.74, 6) is -0.642. The largest absolute Gasteiger partial charge is 0.416 e. The Kier molecular flexibility index (Phi) is 5.25. The molecule has 1 aromatic carbocycles. The van der Waals surface area contributed by atoms with E-state index in [4.69, 9.17) is 5.73 Å². The second kappa shape index (κ2) is 6.99. The summed E-state index contributed by atoms with van der Waals surface area (Å²) in [5.41, 5.74) is 4.70. The maximum Gasteiger partial charge on any atom is 0.416 e. The molecule has 1 aromatic rings. The Balaban J connectivity index is 1.92. The third kappa shape index (κ3) is 4.95. The van der Waals surface area contributed by atoms with Gasteiger partial charge in [-0.25, -0.2) is 0 Å². The molecule has 126 valence electrons. The topological polar surface area (TPSA) is 66.6 Å². The number of nitrogens with two attached hydrogens (primary N) is 1. The Bertz CT molecular complexity index is 582. The summed E-state index contributed by atoms with van der Waals surface area (Å²) in [7, 11) is 0. The first kappa shape index (κ1) is 17.3. The molecular weight excluding hydrogens is 311 g/mol. The lowest BCUT2D eigenvalue weighted by atomic mass is 10.1. The van der Waals surface area contributed by atoms with Crippen molar-refractivity contribution in [1.82, 2.24) is 9.80 Å². The van der Waals surface area contributed by atoms with E-state index in [1.165, 1.54) is 12.1 Å². The smallest absolute Gasteiger partial charge is 0.369 e. The number of hydrogen-bond acceptors (Lipinski definition) is 3. The zero-order valence-corrected chi connectivity index (χ0v) is 12.5. The predicted molar refractivity (Wildman–Crippen MR) is 77.4 cm³/mol. The van der Waals surface area contributed by atoms with Gasteiger partial charge in [0.1, 0.15) is 0 Å². The zero-order valence-electron chi connectivity index (χ0n) is 12.5. The first-order valence-electron chi connectivity index (χ1n) is 7.20. The van der Waals surface area contributed by atoms with Crippen molar-refractivity contribution in [3.63, 3.8) is 0 Å². The number of benzene rings is 1. The van der Waals surface area contributed by atoms with E-state index in [-0.39, 0.29) is 18.9 Å². The SMILES string of the molecule is NC(=O)CN1CCN(C(=O)Cc2cccc(C(F)(F)F)c2)CC1. The Morgan fingerprint density at radius 3 is 2.35 bits per heavy atom. The fraction of sp³-hybridized carbons (Fsp3) is 0.467. The van der Waals surface area contributed by atoms with Crippen LogP contribution in [0, 0.1) is 0 Å². The first-order chi connectivity index (χ1) is 10.8. The van der Waals surface area contributed by atoms with Gasteiger partial charge < -0.3 is 10.6 Å². The van der Waals surface area contributed by atoms with Gasteiger partial charge in [-0.05, 0) is 11.6 Å². The van der Waals surface area contributed by atoms with Crippen molar-refractivity contribution in [1.29, 1.82) is 0 Å². The minimum absolute atomic E-state index is 0.0697. The number of carbonyl (C=O) groups excluding carboxylic acids is 2. The predicted octanol–water partition coefficient (Wildman–Crippen LogP) is 0.877. The molecule has 2 rings (SSSR count). The number of carbonyl (C=O) groups is 2. The van der Waals surface area contributed by atoms with E-state index in [1.807, 2.05) is 4.90 Å². The lowest BCUT2D eigenvalue weighted by Crippen LogP contribution is -2.51. The van der Waals surface area contributed by atoms with Crippen molar-refractivity contribution in [2.75, 3.05) is 32.7 Å². The van der Waals surface area contributed by atoms with Gasteiger partial charge in [0.05, 0.1) is 18.5 Å². The number of rotatable bonds is 4. The molecule has 1 fully saturated rings. The summed E-state index contributed by atoms with van der Waals surface area (Å²) in [4.78, 5) is 26.5. The molecule has 0 unspecified atom stereocenters. The van der Waals surface area contributed by atoms with Gasteiger partial charge in [0.2, 0.25) is 11.8 Å². The van der Waals surface area contributed by atoms with Crippen LogP contribution in [0.1, 0.15) is 11.1 Å². The number of piperazine rings is 1. The second-order valence-electron chi connectivity index (χ2n) is 5.50. The third-order valence-electron chi connectivity index (χ3n) is 3.71. The molecule has 0 spiro atoms.